The maximum absolute atomic E-state index is 12.5. The molecule has 6 nitrogen and oxygen atoms in total. The highest BCUT2D eigenvalue weighted by molar-refractivity contribution is 7.15. The summed E-state index contributed by atoms with van der Waals surface area (Å²) in [5.74, 6) is 0.832. The highest BCUT2D eigenvalue weighted by Crippen LogP contribution is 2.33. The Morgan fingerprint density at radius 3 is 2.84 bits per heavy atom. The van der Waals surface area contributed by atoms with Gasteiger partial charge in [0.2, 0.25) is 5.82 Å². The van der Waals surface area contributed by atoms with Gasteiger partial charge in [0, 0.05) is 10.9 Å². The monoisotopic (exact) mass is 370 g/mol. The number of urea groups is 1. The molecule has 0 bridgehead atoms. The van der Waals surface area contributed by atoms with Gasteiger partial charge < -0.3 is 14.7 Å². The molecular weight excluding hydrogens is 357 g/mol. The van der Waals surface area contributed by atoms with E-state index in [0.29, 0.717) is 11.4 Å². The Labute approximate surface area is 145 Å². The summed E-state index contributed by atoms with van der Waals surface area (Å²) in [7, 11) is 0. The molecule has 0 radical (unpaired) electrons. The Morgan fingerprint density at radius 2 is 2.24 bits per heavy atom. The minimum atomic E-state index is -4.68. The summed E-state index contributed by atoms with van der Waals surface area (Å²) < 4.78 is 41.8. The van der Waals surface area contributed by atoms with Gasteiger partial charge in [0.1, 0.15) is 0 Å². The highest BCUT2D eigenvalue weighted by Gasteiger charge is 2.38. The second kappa shape index (κ2) is 6.76. The predicted octanol–water partition coefficient (Wildman–Crippen LogP) is 3.12. The van der Waals surface area contributed by atoms with Gasteiger partial charge in [-0.2, -0.15) is 18.2 Å². The van der Waals surface area contributed by atoms with E-state index in [1.807, 2.05) is 0 Å². The largest absolute Gasteiger partial charge is 0.471 e. The summed E-state index contributed by atoms with van der Waals surface area (Å²) >= 11 is 1.21. The van der Waals surface area contributed by atoms with Crippen LogP contribution >= 0.6 is 11.3 Å². The van der Waals surface area contributed by atoms with Crippen molar-refractivity contribution in [2.24, 2.45) is 0 Å². The zero-order chi connectivity index (χ0) is 18.0. The Kier molecular flexibility index (Phi) is 4.67. The van der Waals surface area contributed by atoms with Crippen LogP contribution in [0.2, 0.25) is 0 Å². The van der Waals surface area contributed by atoms with Gasteiger partial charge in [0.25, 0.3) is 0 Å². The number of carbonyl (C=O) groups excluding carboxylic acids is 1. The number of thiophene rings is 1. The molecule has 1 fully saturated rings. The van der Waals surface area contributed by atoms with Gasteiger partial charge in [0.05, 0.1) is 18.0 Å². The Balaban J connectivity index is 1.71. The van der Waals surface area contributed by atoms with Crippen molar-refractivity contribution in [2.75, 3.05) is 6.54 Å². The van der Waals surface area contributed by atoms with Crippen molar-refractivity contribution in [1.82, 2.24) is 20.4 Å². The summed E-state index contributed by atoms with van der Waals surface area (Å²) in [6.45, 7) is 0.483. The quantitative estimate of drug-likeness (QED) is 0.821. The van der Waals surface area contributed by atoms with Crippen LogP contribution in [0.5, 0.6) is 0 Å². The molecule has 2 aromatic heterocycles. The number of rotatable bonds is 5. The molecule has 0 aliphatic heterocycles. The molecule has 132 valence electrons. The fourth-order valence-corrected chi connectivity index (χ4v) is 3.10. The molecule has 1 N–H and O–H groups in total. The van der Waals surface area contributed by atoms with Gasteiger partial charge in [-0.1, -0.05) is 11.1 Å². The van der Waals surface area contributed by atoms with Crippen molar-refractivity contribution in [1.29, 1.82) is 0 Å². The van der Waals surface area contributed by atoms with Crippen molar-refractivity contribution in [2.45, 2.75) is 31.6 Å². The van der Waals surface area contributed by atoms with Crippen LogP contribution in [0.4, 0.5) is 18.0 Å². The third-order valence-electron chi connectivity index (χ3n) is 3.47. The van der Waals surface area contributed by atoms with E-state index in [1.165, 1.54) is 11.3 Å². The number of hydrogen-bond acceptors (Lipinski definition) is 5. The lowest BCUT2D eigenvalue weighted by atomic mass is 10.4. The summed E-state index contributed by atoms with van der Waals surface area (Å²) in [5.41, 5.74) is 0. The number of nitrogens with one attached hydrogen (secondary N) is 1. The van der Waals surface area contributed by atoms with Gasteiger partial charge in [-0.05, 0) is 25.0 Å². The number of halogens is 3. The van der Waals surface area contributed by atoms with Crippen molar-refractivity contribution < 1.29 is 22.5 Å². The maximum atomic E-state index is 12.5. The van der Waals surface area contributed by atoms with Gasteiger partial charge in [0.15, 0.2) is 0 Å². The molecule has 2 amide bonds. The van der Waals surface area contributed by atoms with Crippen molar-refractivity contribution in [3.05, 3.63) is 22.9 Å². The number of terminal acetylenes is 1. The summed E-state index contributed by atoms with van der Waals surface area (Å²) in [4.78, 5) is 18.4. The fourth-order valence-electron chi connectivity index (χ4n) is 2.17. The zero-order valence-electron chi connectivity index (χ0n) is 12.8. The lowest BCUT2D eigenvalue weighted by Gasteiger charge is -2.21. The minimum Gasteiger partial charge on any atom is -0.329 e. The summed E-state index contributed by atoms with van der Waals surface area (Å²) in [6.07, 6.45) is 2.30. The molecule has 10 heteroatoms. The van der Waals surface area contributed by atoms with Crippen LogP contribution < -0.4 is 5.32 Å². The third kappa shape index (κ3) is 4.11. The van der Waals surface area contributed by atoms with E-state index in [1.54, 1.807) is 17.0 Å². The first-order valence-corrected chi connectivity index (χ1v) is 8.18. The second-order valence-electron chi connectivity index (χ2n) is 5.41. The van der Waals surface area contributed by atoms with Crippen molar-refractivity contribution in [3.8, 4) is 23.0 Å². The molecule has 0 atom stereocenters. The molecular formula is C15H13F3N4O2S. The molecule has 0 unspecified atom stereocenters. The number of nitrogens with zero attached hydrogens (tertiary/aromatic N) is 3. The lowest BCUT2D eigenvalue weighted by Crippen LogP contribution is -2.40. The van der Waals surface area contributed by atoms with E-state index < -0.39 is 12.1 Å². The van der Waals surface area contributed by atoms with Gasteiger partial charge in [-0.15, -0.1) is 17.8 Å². The van der Waals surface area contributed by atoms with Crippen LogP contribution in [0.3, 0.4) is 0 Å². The predicted molar refractivity (Wildman–Crippen MR) is 83.4 cm³/mol. The molecule has 2 heterocycles. The van der Waals surface area contributed by atoms with Crippen LogP contribution in [-0.2, 0) is 12.7 Å². The second-order valence-corrected chi connectivity index (χ2v) is 6.58. The van der Waals surface area contributed by atoms with E-state index in [4.69, 9.17) is 6.42 Å². The van der Waals surface area contributed by atoms with Crippen LogP contribution in [0.25, 0.3) is 10.7 Å². The van der Waals surface area contributed by atoms with E-state index >= 15 is 0 Å². The zero-order valence-corrected chi connectivity index (χ0v) is 13.7. The van der Waals surface area contributed by atoms with Gasteiger partial charge >= 0.3 is 18.1 Å². The van der Waals surface area contributed by atoms with Crippen molar-refractivity contribution in [3.63, 3.8) is 0 Å². The number of carbonyl (C=O) groups is 1. The molecule has 0 saturated heterocycles. The molecule has 0 aromatic carbocycles. The highest BCUT2D eigenvalue weighted by atomic mass is 32.1. The molecule has 1 saturated carbocycles. The molecule has 2 aromatic rings. The molecule has 3 rings (SSSR count). The molecule has 0 spiro atoms. The van der Waals surface area contributed by atoms with Gasteiger partial charge in [-0.25, -0.2) is 4.79 Å². The van der Waals surface area contributed by atoms with Crippen LogP contribution in [0.15, 0.2) is 16.7 Å². The fraction of sp³-hybridized carbons (Fsp3) is 0.400. The molecule has 1 aliphatic rings. The van der Waals surface area contributed by atoms with Crippen LogP contribution in [-0.4, -0.2) is 33.7 Å². The summed E-state index contributed by atoms with van der Waals surface area (Å²) in [5, 5.41) is 5.98. The van der Waals surface area contributed by atoms with E-state index in [9.17, 15) is 18.0 Å². The van der Waals surface area contributed by atoms with E-state index in [-0.39, 0.29) is 24.4 Å². The van der Waals surface area contributed by atoms with E-state index in [0.717, 1.165) is 17.7 Å². The smallest absolute Gasteiger partial charge is 0.329 e. The first-order valence-electron chi connectivity index (χ1n) is 7.36. The average molecular weight is 370 g/mol. The minimum absolute atomic E-state index is 0.127. The first-order chi connectivity index (χ1) is 11.9. The average Bonchev–Trinajstić information content (AvgIpc) is 3.08. The number of amides is 2. The SMILES string of the molecule is C#CCNC(=O)N(Cc1ccc(-c2noc(C(F)(F)F)n2)s1)C1CC1. The number of alkyl halides is 3. The standard InChI is InChI=1S/C15H13F3N4O2S/c1-2-7-19-14(23)22(9-3-4-9)8-10-5-6-11(25-10)12-20-13(24-21-12)15(16,17)18/h1,5-6,9H,3-4,7-8H2,(H,19,23). The molecule has 25 heavy (non-hydrogen) atoms. The van der Waals surface area contributed by atoms with Crippen LogP contribution in [0.1, 0.15) is 23.6 Å². The summed E-state index contributed by atoms with van der Waals surface area (Å²) in [6, 6.07) is 3.24. The third-order valence-corrected chi connectivity index (χ3v) is 4.53. The Bertz CT molecular complexity index is 804. The number of hydrogen-bond donors (Lipinski definition) is 1. The lowest BCUT2D eigenvalue weighted by molar-refractivity contribution is -0.159. The molecule has 1 aliphatic carbocycles. The van der Waals surface area contributed by atoms with Gasteiger partial charge in [-0.3, -0.25) is 0 Å². The maximum Gasteiger partial charge on any atom is 0.471 e. The van der Waals surface area contributed by atoms with Crippen LogP contribution in [0, 0.1) is 12.3 Å². The normalized spacial score (nSPS) is 14.2. The topological polar surface area (TPSA) is 71.3 Å². The van der Waals surface area contributed by atoms with Crippen molar-refractivity contribution >= 4 is 17.4 Å². The first kappa shape index (κ1) is 17.3. The van der Waals surface area contributed by atoms with E-state index in [2.05, 4.69) is 25.9 Å². The Morgan fingerprint density at radius 1 is 1.48 bits per heavy atom. The number of aromatic nitrogens is 2. The Hall–Kier alpha value is -2.54.